The van der Waals surface area contributed by atoms with Gasteiger partial charge in [-0.05, 0) is 6.07 Å². The lowest BCUT2D eigenvalue weighted by atomic mass is 9.98. The van der Waals surface area contributed by atoms with Crippen LogP contribution in [0.25, 0.3) is 5.57 Å². The lowest BCUT2D eigenvalue weighted by Crippen LogP contribution is -2.18. The van der Waals surface area contributed by atoms with E-state index in [1.54, 1.807) is 0 Å². The molecular weight excluding hydrogens is 188 g/mol. The first-order chi connectivity index (χ1) is 7.40. The average Bonchev–Trinajstić information content (AvgIpc) is 2.67. The van der Waals surface area contributed by atoms with Crippen LogP contribution < -0.4 is 0 Å². The molecule has 0 radical (unpaired) electrons. The molecular formula is C12H8N2O. The predicted octanol–water partition coefficient (Wildman–Crippen LogP) is 1.81. The van der Waals surface area contributed by atoms with Gasteiger partial charge in [0.05, 0.1) is 17.9 Å². The fourth-order valence-electron chi connectivity index (χ4n) is 1.91. The molecule has 0 atom stereocenters. The van der Waals surface area contributed by atoms with Crippen molar-refractivity contribution in [2.24, 2.45) is 9.98 Å². The zero-order chi connectivity index (χ0) is 10.3. The molecule has 3 nitrogen and oxygen atoms in total. The number of benzene rings is 1. The van der Waals surface area contributed by atoms with Crippen molar-refractivity contribution in [1.82, 2.24) is 0 Å². The summed E-state index contributed by atoms with van der Waals surface area (Å²) >= 11 is 0. The van der Waals surface area contributed by atoms with Crippen molar-refractivity contribution in [3.63, 3.8) is 0 Å². The Morgan fingerprint density at radius 3 is 3.00 bits per heavy atom. The van der Waals surface area contributed by atoms with E-state index in [2.05, 4.69) is 9.98 Å². The van der Waals surface area contributed by atoms with Crippen molar-refractivity contribution in [3.05, 3.63) is 35.9 Å². The maximum Gasteiger partial charge on any atom is 0.170 e. The molecule has 2 aliphatic heterocycles. The number of allylic oxidation sites excluding steroid dienone is 1. The summed E-state index contributed by atoms with van der Waals surface area (Å²) in [5, 5.41) is 0. The first kappa shape index (κ1) is 8.29. The van der Waals surface area contributed by atoms with Gasteiger partial charge in [0.25, 0.3) is 0 Å². The Labute approximate surface area is 86.9 Å². The molecule has 0 unspecified atom stereocenters. The number of hydrogen-bond acceptors (Lipinski definition) is 3. The first-order valence-corrected chi connectivity index (χ1v) is 4.79. The third-order valence-corrected chi connectivity index (χ3v) is 2.59. The summed E-state index contributed by atoms with van der Waals surface area (Å²) in [6.45, 7) is 0.566. The van der Waals surface area contributed by atoms with Crippen LogP contribution in [0.4, 0.5) is 5.69 Å². The summed E-state index contributed by atoms with van der Waals surface area (Å²) in [6, 6.07) is 7.89. The van der Waals surface area contributed by atoms with E-state index in [1.165, 1.54) is 0 Å². The van der Waals surface area contributed by atoms with Crippen LogP contribution in [0.2, 0.25) is 0 Å². The van der Waals surface area contributed by atoms with Gasteiger partial charge in [-0.3, -0.25) is 9.79 Å². The summed E-state index contributed by atoms with van der Waals surface area (Å²) in [5.41, 5.74) is 4.25. The van der Waals surface area contributed by atoms with Gasteiger partial charge in [-0.1, -0.05) is 24.3 Å². The monoisotopic (exact) mass is 196 g/mol. The highest BCUT2D eigenvalue weighted by atomic mass is 16.1. The van der Waals surface area contributed by atoms with Crippen LogP contribution in [0.5, 0.6) is 0 Å². The highest BCUT2D eigenvalue weighted by molar-refractivity contribution is 6.73. The number of dihydropyridines is 1. The van der Waals surface area contributed by atoms with Gasteiger partial charge in [0, 0.05) is 11.1 Å². The number of carbonyl (C=O) groups excluding carboxylic acids is 1. The summed E-state index contributed by atoms with van der Waals surface area (Å²) in [7, 11) is 0. The number of rotatable bonds is 1. The highest BCUT2D eigenvalue weighted by Gasteiger charge is 2.25. The smallest absolute Gasteiger partial charge is 0.170 e. The zero-order valence-corrected chi connectivity index (χ0v) is 7.97. The summed E-state index contributed by atoms with van der Waals surface area (Å²) < 4.78 is 0. The Balaban J connectivity index is 2.21. The van der Waals surface area contributed by atoms with Crippen molar-refractivity contribution in [2.45, 2.75) is 0 Å². The molecule has 15 heavy (non-hydrogen) atoms. The van der Waals surface area contributed by atoms with E-state index in [0.29, 0.717) is 12.3 Å². The third kappa shape index (κ3) is 1.09. The molecule has 3 heteroatoms. The molecule has 0 bridgehead atoms. The van der Waals surface area contributed by atoms with Crippen LogP contribution in [-0.4, -0.2) is 24.3 Å². The molecule has 0 saturated carbocycles. The molecule has 0 fully saturated rings. The minimum absolute atomic E-state index is 0.462. The molecule has 0 aliphatic carbocycles. The molecule has 72 valence electrons. The number of fused-ring (bicyclic) bond motifs is 3. The van der Waals surface area contributed by atoms with E-state index in [0.717, 1.165) is 28.8 Å². The zero-order valence-electron chi connectivity index (χ0n) is 7.97. The van der Waals surface area contributed by atoms with Gasteiger partial charge in [-0.25, -0.2) is 4.99 Å². The fourth-order valence-corrected chi connectivity index (χ4v) is 1.91. The van der Waals surface area contributed by atoms with Crippen LogP contribution in [0.15, 0.2) is 40.3 Å². The summed E-state index contributed by atoms with van der Waals surface area (Å²) in [5.74, 6) is 0. The Bertz CT molecular complexity index is 538. The predicted molar refractivity (Wildman–Crippen MR) is 59.9 cm³/mol. The van der Waals surface area contributed by atoms with E-state index in [1.807, 2.05) is 30.3 Å². The van der Waals surface area contributed by atoms with Crippen molar-refractivity contribution >= 4 is 29.0 Å². The molecule has 1 aromatic carbocycles. The molecule has 0 aromatic heterocycles. The minimum Gasteiger partial charge on any atom is -0.296 e. The first-order valence-electron chi connectivity index (χ1n) is 4.79. The summed E-state index contributed by atoms with van der Waals surface area (Å²) in [4.78, 5) is 19.3. The van der Waals surface area contributed by atoms with E-state index in [4.69, 9.17) is 0 Å². The normalized spacial score (nSPS) is 17.2. The van der Waals surface area contributed by atoms with E-state index >= 15 is 0 Å². The molecule has 0 N–H and O–H groups in total. The fraction of sp³-hybridized carbons (Fsp3) is 0.0833. The number of carbonyl (C=O) groups is 1. The molecule has 0 saturated heterocycles. The number of nitrogens with zero attached hydrogens (tertiary/aromatic N) is 2. The SMILES string of the molecule is O=CC1=NCC=C2C1=Nc1ccccc12. The Morgan fingerprint density at radius 1 is 1.27 bits per heavy atom. The lowest BCUT2D eigenvalue weighted by Gasteiger charge is -2.07. The molecule has 0 spiro atoms. The van der Waals surface area contributed by atoms with Crippen LogP contribution in [0.3, 0.4) is 0 Å². The van der Waals surface area contributed by atoms with Gasteiger partial charge in [0.1, 0.15) is 5.71 Å². The van der Waals surface area contributed by atoms with Gasteiger partial charge < -0.3 is 0 Å². The summed E-state index contributed by atoms with van der Waals surface area (Å²) in [6.07, 6.45) is 2.79. The number of aliphatic imine (C=N–C) groups is 2. The molecule has 1 aromatic rings. The maximum absolute atomic E-state index is 10.8. The average molecular weight is 196 g/mol. The minimum atomic E-state index is 0.462. The Kier molecular flexibility index (Phi) is 1.65. The van der Waals surface area contributed by atoms with E-state index in [9.17, 15) is 4.79 Å². The van der Waals surface area contributed by atoms with Crippen molar-refractivity contribution in [3.8, 4) is 0 Å². The number of hydrogen-bond donors (Lipinski definition) is 0. The molecule has 3 rings (SSSR count). The third-order valence-electron chi connectivity index (χ3n) is 2.59. The van der Waals surface area contributed by atoms with Gasteiger partial charge in [0.2, 0.25) is 0 Å². The topological polar surface area (TPSA) is 41.8 Å². The highest BCUT2D eigenvalue weighted by Crippen LogP contribution is 2.35. The Hall–Kier alpha value is -2.03. The largest absolute Gasteiger partial charge is 0.296 e. The molecule has 2 aliphatic rings. The van der Waals surface area contributed by atoms with Crippen LogP contribution >= 0.6 is 0 Å². The van der Waals surface area contributed by atoms with Crippen molar-refractivity contribution < 1.29 is 4.79 Å². The Morgan fingerprint density at radius 2 is 2.13 bits per heavy atom. The van der Waals surface area contributed by atoms with Crippen LogP contribution in [-0.2, 0) is 4.79 Å². The number of para-hydroxylation sites is 1. The van der Waals surface area contributed by atoms with E-state index < -0.39 is 0 Å². The van der Waals surface area contributed by atoms with Crippen molar-refractivity contribution in [2.75, 3.05) is 6.54 Å². The molecule has 2 heterocycles. The number of aldehydes is 1. The second-order valence-electron chi connectivity index (χ2n) is 3.44. The lowest BCUT2D eigenvalue weighted by molar-refractivity contribution is -0.102. The van der Waals surface area contributed by atoms with Crippen LogP contribution in [0.1, 0.15) is 5.56 Å². The standard InChI is InChI=1S/C12H8N2O/c15-7-11-12-9(5-6-13-11)8-3-1-2-4-10(8)14-12/h1-5,7H,6H2. The molecule has 0 amide bonds. The quantitative estimate of drug-likeness (QED) is 0.631. The van der Waals surface area contributed by atoms with Crippen LogP contribution in [0, 0.1) is 0 Å². The second-order valence-corrected chi connectivity index (χ2v) is 3.44. The second kappa shape index (κ2) is 2.98. The maximum atomic E-state index is 10.8. The van der Waals surface area contributed by atoms with Crippen molar-refractivity contribution in [1.29, 1.82) is 0 Å². The van der Waals surface area contributed by atoms with Gasteiger partial charge >= 0.3 is 0 Å². The van der Waals surface area contributed by atoms with Gasteiger partial charge in [-0.15, -0.1) is 0 Å². The van der Waals surface area contributed by atoms with E-state index in [-0.39, 0.29) is 0 Å². The van der Waals surface area contributed by atoms with Gasteiger partial charge in [0.15, 0.2) is 6.29 Å². The van der Waals surface area contributed by atoms with Gasteiger partial charge in [-0.2, -0.15) is 0 Å².